The van der Waals surface area contributed by atoms with Crippen LogP contribution in [0.5, 0.6) is 0 Å². The van der Waals surface area contributed by atoms with Gasteiger partial charge in [0.25, 0.3) is 0 Å². The van der Waals surface area contributed by atoms with Gasteiger partial charge in [0, 0.05) is 13.3 Å². The maximum atomic E-state index is 9.94. The van der Waals surface area contributed by atoms with Crippen LogP contribution in [0.15, 0.2) is 6.20 Å². The Kier molecular flexibility index (Phi) is 5.06. The summed E-state index contributed by atoms with van der Waals surface area (Å²) in [4.78, 5) is 0. The van der Waals surface area contributed by atoms with Crippen LogP contribution in [0.1, 0.15) is 19.0 Å². The van der Waals surface area contributed by atoms with Gasteiger partial charge in [-0.1, -0.05) is 18.6 Å². The maximum absolute atomic E-state index is 9.94. The molecule has 0 unspecified atom stereocenters. The zero-order valence-electron chi connectivity index (χ0n) is 11.6. The Labute approximate surface area is 116 Å². The minimum Gasteiger partial charge on any atom is -0.388 e. The minimum atomic E-state index is -1.32. The summed E-state index contributed by atoms with van der Waals surface area (Å²) in [7, 11) is 1.37. The van der Waals surface area contributed by atoms with Crippen LogP contribution in [0.4, 0.5) is 0 Å². The first-order chi connectivity index (χ1) is 9.56. The minimum absolute atomic E-state index is 0.224. The second kappa shape index (κ2) is 6.59. The van der Waals surface area contributed by atoms with Crippen molar-refractivity contribution in [2.24, 2.45) is 0 Å². The van der Waals surface area contributed by atoms with Crippen LogP contribution in [0.25, 0.3) is 0 Å². The molecule has 0 radical (unpaired) electrons. The van der Waals surface area contributed by atoms with E-state index < -0.39 is 30.7 Å². The second-order valence-corrected chi connectivity index (χ2v) is 4.93. The van der Waals surface area contributed by atoms with Crippen LogP contribution < -0.4 is 0 Å². The van der Waals surface area contributed by atoms with Crippen molar-refractivity contribution in [1.82, 2.24) is 15.0 Å². The molecule has 1 fully saturated rings. The zero-order valence-corrected chi connectivity index (χ0v) is 11.6. The summed E-state index contributed by atoms with van der Waals surface area (Å²) in [5.41, 5.74) is 0.863. The number of aliphatic hydroxyl groups excluding tert-OH is 3. The summed E-state index contributed by atoms with van der Waals surface area (Å²) in [5, 5.41) is 37.3. The molecule has 0 amide bonds. The number of methoxy groups -OCH3 is 1. The van der Waals surface area contributed by atoms with Gasteiger partial charge in [0.15, 0.2) is 6.29 Å². The molecular weight excluding hydrogens is 266 g/mol. The third-order valence-corrected chi connectivity index (χ3v) is 3.36. The quantitative estimate of drug-likeness (QED) is 0.616. The van der Waals surface area contributed by atoms with Crippen molar-refractivity contribution < 1.29 is 24.8 Å². The smallest absolute Gasteiger partial charge is 0.186 e. The molecule has 5 atom stereocenters. The van der Waals surface area contributed by atoms with Crippen molar-refractivity contribution in [1.29, 1.82) is 0 Å². The molecule has 114 valence electrons. The summed E-state index contributed by atoms with van der Waals surface area (Å²) < 4.78 is 11.9. The van der Waals surface area contributed by atoms with E-state index in [1.54, 1.807) is 10.9 Å². The lowest BCUT2D eigenvalue weighted by atomic mass is 9.99. The highest BCUT2D eigenvalue weighted by Crippen LogP contribution is 2.22. The van der Waals surface area contributed by atoms with Crippen molar-refractivity contribution >= 4 is 0 Å². The highest BCUT2D eigenvalue weighted by Gasteiger charge is 2.44. The molecule has 1 saturated heterocycles. The van der Waals surface area contributed by atoms with Crippen molar-refractivity contribution in [3.8, 4) is 0 Å². The van der Waals surface area contributed by atoms with E-state index in [1.807, 2.05) is 6.92 Å². The van der Waals surface area contributed by atoms with E-state index in [0.717, 1.165) is 18.5 Å². The molecule has 0 saturated carbocycles. The molecule has 2 heterocycles. The maximum Gasteiger partial charge on any atom is 0.186 e. The molecule has 8 nitrogen and oxygen atoms in total. The first-order valence-corrected chi connectivity index (χ1v) is 6.68. The summed E-state index contributed by atoms with van der Waals surface area (Å²) in [6.07, 6.45) is -1.94. The van der Waals surface area contributed by atoms with Gasteiger partial charge in [0.2, 0.25) is 0 Å². The Morgan fingerprint density at radius 2 is 2.05 bits per heavy atom. The Hall–Kier alpha value is -1.06. The number of hydrogen-bond acceptors (Lipinski definition) is 7. The third kappa shape index (κ3) is 3.15. The van der Waals surface area contributed by atoms with Gasteiger partial charge in [0.05, 0.1) is 12.2 Å². The van der Waals surface area contributed by atoms with Gasteiger partial charge in [0.1, 0.15) is 24.4 Å². The van der Waals surface area contributed by atoms with Gasteiger partial charge in [-0.2, -0.15) is 0 Å². The van der Waals surface area contributed by atoms with E-state index in [-0.39, 0.29) is 6.54 Å². The molecule has 2 rings (SSSR count). The topological polar surface area (TPSA) is 110 Å². The van der Waals surface area contributed by atoms with Crippen LogP contribution in [-0.2, 0) is 22.4 Å². The summed E-state index contributed by atoms with van der Waals surface area (Å²) in [5.74, 6) is 0. The lowest BCUT2D eigenvalue weighted by molar-refractivity contribution is -0.292. The molecule has 1 aromatic rings. The van der Waals surface area contributed by atoms with E-state index in [4.69, 9.17) is 9.47 Å². The number of hydrogen-bond donors (Lipinski definition) is 3. The van der Waals surface area contributed by atoms with Crippen molar-refractivity contribution in [3.63, 3.8) is 0 Å². The Bertz CT molecular complexity index is 425. The highest BCUT2D eigenvalue weighted by atomic mass is 16.7. The van der Waals surface area contributed by atoms with E-state index in [1.165, 1.54) is 7.11 Å². The molecule has 0 spiro atoms. The SMILES string of the molecule is CCCc1cn(C[C@H]2O[C@H](OC)[C@H](O)[C@@H](O)[C@@H]2O)nn1. The third-order valence-electron chi connectivity index (χ3n) is 3.36. The standard InChI is InChI=1S/C12H21N3O5/c1-3-4-7-5-15(14-13-7)6-8-9(16)10(17)11(18)12(19-2)20-8/h5,8-12,16-18H,3-4,6H2,1-2H3/t8-,9-,10+,11-,12+/m1/s1. The van der Waals surface area contributed by atoms with Gasteiger partial charge in [-0.3, -0.25) is 0 Å². The fraction of sp³-hybridized carbons (Fsp3) is 0.833. The summed E-state index contributed by atoms with van der Waals surface area (Å²) in [6.45, 7) is 2.27. The molecule has 0 aliphatic carbocycles. The van der Waals surface area contributed by atoms with E-state index >= 15 is 0 Å². The number of nitrogens with zero attached hydrogens (tertiary/aromatic N) is 3. The summed E-state index contributed by atoms with van der Waals surface area (Å²) in [6, 6.07) is 0. The lowest BCUT2D eigenvalue weighted by Crippen LogP contribution is -2.58. The lowest BCUT2D eigenvalue weighted by Gasteiger charge is -2.39. The number of aliphatic hydroxyl groups is 3. The largest absolute Gasteiger partial charge is 0.388 e. The average molecular weight is 287 g/mol. The molecule has 3 N–H and O–H groups in total. The fourth-order valence-corrected chi connectivity index (χ4v) is 2.25. The van der Waals surface area contributed by atoms with Crippen LogP contribution >= 0.6 is 0 Å². The monoisotopic (exact) mass is 287 g/mol. The van der Waals surface area contributed by atoms with E-state index in [0.29, 0.717) is 0 Å². The molecule has 1 aliphatic heterocycles. The Morgan fingerprint density at radius 3 is 2.70 bits per heavy atom. The summed E-state index contributed by atoms with van der Waals surface area (Å²) >= 11 is 0. The fourth-order valence-electron chi connectivity index (χ4n) is 2.25. The van der Waals surface area contributed by atoms with E-state index in [2.05, 4.69) is 10.3 Å². The Morgan fingerprint density at radius 1 is 1.30 bits per heavy atom. The van der Waals surface area contributed by atoms with Gasteiger partial charge < -0.3 is 24.8 Å². The number of rotatable bonds is 5. The van der Waals surface area contributed by atoms with Crippen molar-refractivity contribution in [3.05, 3.63) is 11.9 Å². The van der Waals surface area contributed by atoms with E-state index in [9.17, 15) is 15.3 Å². The molecule has 0 aromatic carbocycles. The van der Waals surface area contributed by atoms with Crippen molar-refractivity contribution in [2.75, 3.05) is 7.11 Å². The average Bonchev–Trinajstić information content (AvgIpc) is 2.87. The zero-order chi connectivity index (χ0) is 14.7. The first kappa shape index (κ1) is 15.3. The molecule has 8 heteroatoms. The first-order valence-electron chi connectivity index (χ1n) is 6.68. The van der Waals surface area contributed by atoms with Gasteiger partial charge in [-0.25, -0.2) is 4.68 Å². The molecular formula is C12H21N3O5. The molecule has 0 bridgehead atoms. The van der Waals surface area contributed by atoms with Gasteiger partial charge >= 0.3 is 0 Å². The van der Waals surface area contributed by atoms with Crippen LogP contribution in [-0.4, -0.2) is 68.1 Å². The van der Waals surface area contributed by atoms with Crippen LogP contribution in [0, 0.1) is 0 Å². The number of aryl methyl sites for hydroxylation is 1. The highest BCUT2D eigenvalue weighted by molar-refractivity contribution is 4.94. The molecule has 20 heavy (non-hydrogen) atoms. The number of aromatic nitrogens is 3. The van der Waals surface area contributed by atoms with Crippen molar-refractivity contribution in [2.45, 2.75) is 57.0 Å². The van der Waals surface area contributed by atoms with Crippen LogP contribution in [0.3, 0.4) is 0 Å². The second-order valence-electron chi connectivity index (χ2n) is 4.93. The number of ether oxygens (including phenoxy) is 2. The predicted octanol–water partition coefficient (Wildman–Crippen LogP) is -1.32. The van der Waals surface area contributed by atoms with Gasteiger partial charge in [-0.05, 0) is 6.42 Å². The Balaban J connectivity index is 2.03. The normalized spacial score (nSPS) is 34.4. The molecule has 1 aromatic heterocycles. The van der Waals surface area contributed by atoms with Gasteiger partial charge in [-0.15, -0.1) is 5.10 Å². The molecule has 1 aliphatic rings. The van der Waals surface area contributed by atoms with Crippen LogP contribution in [0.2, 0.25) is 0 Å². The predicted molar refractivity (Wildman–Crippen MR) is 67.7 cm³/mol.